The highest BCUT2D eigenvalue weighted by molar-refractivity contribution is 9.11. The second-order valence-corrected chi connectivity index (χ2v) is 10.3. The molecule has 0 unspecified atom stereocenters. The van der Waals surface area contributed by atoms with Gasteiger partial charge in [0.2, 0.25) is 6.23 Å². The van der Waals surface area contributed by atoms with E-state index in [2.05, 4.69) is 55.1 Å². The summed E-state index contributed by atoms with van der Waals surface area (Å²) in [4.78, 5) is 1.18. The lowest BCUT2D eigenvalue weighted by atomic mass is 9.98. The minimum Gasteiger partial charge on any atom is -0.464 e. The molecule has 2 aliphatic rings. The number of hydrogen-bond donors (Lipinski definition) is 0. The van der Waals surface area contributed by atoms with Crippen LogP contribution in [0.2, 0.25) is 5.02 Å². The van der Waals surface area contributed by atoms with E-state index < -0.39 is 0 Å². The van der Waals surface area contributed by atoms with Crippen LogP contribution in [0.1, 0.15) is 34.7 Å². The average molecular weight is 525 g/mol. The van der Waals surface area contributed by atoms with E-state index in [4.69, 9.17) is 21.4 Å². The lowest BCUT2D eigenvalue weighted by Gasteiger charge is -2.38. The smallest absolute Gasteiger partial charge is 0.213 e. The number of fused-ring (bicyclic) bond motifs is 3. The van der Waals surface area contributed by atoms with Crippen LogP contribution in [0.4, 0.5) is 0 Å². The zero-order valence-electron chi connectivity index (χ0n) is 13.9. The molecule has 3 aromatic rings. The molecule has 5 rings (SSSR count). The summed E-state index contributed by atoms with van der Waals surface area (Å²) in [5, 5.41) is 7.77. The van der Waals surface area contributed by atoms with Crippen LogP contribution in [0.3, 0.4) is 0 Å². The number of ether oxygens (including phenoxy) is 1. The van der Waals surface area contributed by atoms with Crippen molar-refractivity contribution in [1.29, 1.82) is 0 Å². The number of nitrogens with zero attached hydrogens (tertiary/aromatic N) is 2. The zero-order chi connectivity index (χ0) is 18.5. The molecule has 2 atom stereocenters. The highest BCUT2D eigenvalue weighted by atomic mass is 79.9. The Morgan fingerprint density at radius 1 is 1.07 bits per heavy atom. The molecule has 2 aliphatic heterocycles. The minimum absolute atomic E-state index is 0.141. The van der Waals surface area contributed by atoms with Gasteiger partial charge in [0.1, 0.15) is 5.75 Å². The van der Waals surface area contributed by atoms with E-state index in [1.165, 1.54) is 4.88 Å². The van der Waals surface area contributed by atoms with Crippen molar-refractivity contribution in [3.05, 3.63) is 83.9 Å². The van der Waals surface area contributed by atoms with Crippen molar-refractivity contribution >= 4 is 60.5 Å². The molecule has 1 aromatic heterocycles. The van der Waals surface area contributed by atoms with Crippen LogP contribution in [0.5, 0.6) is 5.75 Å². The lowest BCUT2D eigenvalue weighted by molar-refractivity contribution is -0.0190. The molecule has 0 N–H and O–H groups in total. The van der Waals surface area contributed by atoms with Crippen molar-refractivity contribution in [2.45, 2.75) is 18.7 Å². The normalized spacial score (nSPS) is 20.7. The van der Waals surface area contributed by atoms with Gasteiger partial charge in [-0.15, -0.1) is 11.3 Å². The Balaban J connectivity index is 1.60. The Labute approximate surface area is 182 Å². The van der Waals surface area contributed by atoms with E-state index in [9.17, 15) is 0 Å². The first-order valence-corrected chi connectivity index (χ1v) is 11.2. The monoisotopic (exact) mass is 522 g/mol. The lowest BCUT2D eigenvalue weighted by Crippen LogP contribution is -2.33. The van der Waals surface area contributed by atoms with Gasteiger partial charge >= 0.3 is 0 Å². The summed E-state index contributed by atoms with van der Waals surface area (Å²) in [6, 6.07) is 18.3. The molecule has 0 radical (unpaired) electrons. The highest BCUT2D eigenvalue weighted by Crippen LogP contribution is 2.48. The van der Waals surface area contributed by atoms with E-state index >= 15 is 0 Å². The van der Waals surface area contributed by atoms with Crippen LogP contribution in [-0.4, -0.2) is 10.7 Å². The standard InChI is InChI=1S/C20H13Br2ClN2OS/c21-12-3-6-17-14(9-12)16-10-15(18-7-8-19(22)27-18)24-25(16)20(26-17)11-1-4-13(23)5-2-11/h1-9,16,20H,10H2/t16-,20+/m1/s1. The van der Waals surface area contributed by atoms with Gasteiger partial charge in [0.25, 0.3) is 0 Å². The predicted molar refractivity (Wildman–Crippen MR) is 117 cm³/mol. The van der Waals surface area contributed by atoms with Crippen molar-refractivity contribution in [1.82, 2.24) is 5.01 Å². The Morgan fingerprint density at radius 3 is 2.63 bits per heavy atom. The fraction of sp³-hybridized carbons (Fsp3) is 0.150. The summed E-state index contributed by atoms with van der Waals surface area (Å²) in [5.41, 5.74) is 3.28. The van der Waals surface area contributed by atoms with Crippen LogP contribution in [-0.2, 0) is 0 Å². The number of hydrogen-bond acceptors (Lipinski definition) is 4. The fourth-order valence-corrected chi connectivity index (χ4v) is 5.41. The first kappa shape index (κ1) is 17.7. The van der Waals surface area contributed by atoms with E-state index in [1.807, 2.05) is 36.4 Å². The molecule has 0 spiro atoms. The molecule has 0 bridgehead atoms. The molecule has 0 fully saturated rings. The van der Waals surface area contributed by atoms with Gasteiger partial charge in [-0.25, -0.2) is 5.01 Å². The van der Waals surface area contributed by atoms with Crippen molar-refractivity contribution in [3.63, 3.8) is 0 Å². The second-order valence-electron chi connectivity index (χ2n) is 6.45. The summed E-state index contributed by atoms with van der Waals surface area (Å²) >= 11 is 14.9. The average Bonchev–Trinajstić information content (AvgIpc) is 3.28. The van der Waals surface area contributed by atoms with Gasteiger partial charge < -0.3 is 4.74 Å². The molecule has 0 amide bonds. The van der Waals surface area contributed by atoms with Crippen LogP contribution < -0.4 is 4.74 Å². The summed E-state index contributed by atoms with van der Waals surface area (Å²) in [7, 11) is 0. The summed E-state index contributed by atoms with van der Waals surface area (Å²) in [5.74, 6) is 0.906. The molecule has 3 heterocycles. The van der Waals surface area contributed by atoms with Gasteiger partial charge in [-0.3, -0.25) is 0 Å². The Kier molecular flexibility index (Phi) is 4.55. The van der Waals surface area contributed by atoms with E-state index in [-0.39, 0.29) is 12.3 Å². The maximum Gasteiger partial charge on any atom is 0.213 e. The van der Waals surface area contributed by atoms with Crippen molar-refractivity contribution in [2.75, 3.05) is 0 Å². The number of thiophene rings is 1. The Hall–Kier alpha value is -1.34. The number of rotatable bonds is 2. The SMILES string of the molecule is Clc1ccc([C@@H]2Oc3ccc(Br)cc3[C@H]3CC(c4ccc(Br)s4)=NN32)cc1. The summed E-state index contributed by atoms with van der Waals surface area (Å²) in [6.45, 7) is 0. The molecular weight excluding hydrogens is 512 g/mol. The second kappa shape index (κ2) is 6.92. The molecule has 2 aromatic carbocycles. The van der Waals surface area contributed by atoms with Crippen molar-refractivity contribution in [3.8, 4) is 5.75 Å². The molecule has 3 nitrogen and oxygen atoms in total. The van der Waals surface area contributed by atoms with Gasteiger partial charge in [0, 0.05) is 27.0 Å². The third kappa shape index (κ3) is 3.23. The Morgan fingerprint density at radius 2 is 1.89 bits per heavy atom. The quantitative estimate of drug-likeness (QED) is 0.355. The van der Waals surface area contributed by atoms with Crippen LogP contribution in [0.15, 0.2) is 68.0 Å². The van der Waals surface area contributed by atoms with Crippen molar-refractivity contribution < 1.29 is 4.74 Å². The van der Waals surface area contributed by atoms with E-state index in [0.29, 0.717) is 5.02 Å². The maximum atomic E-state index is 6.37. The molecule has 0 saturated carbocycles. The molecule has 0 aliphatic carbocycles. The van der Waals surface area contributed by atoms with Gasteiger partial charge in [0.15, 0.2) is 0 Å². The first-order valence-electron chi connectivity index (χ1n) is 8.41. The van der Waals surface area contributed by atoms with Gasteiger partial charge in [0.05, 0.1) is 20.4 Å². The number of hydrazone groups is 1. The van der Waals surface area contributed by atoms with Crippen LogP contribution in [0, 0.1) is 0 Å². The largest absolute Gasteiger partial charge is 0.464 e. The van der Waals surface area contributed by atoms with E-state index in [0.717, 1.165) is 37.3 Å². The first-order chi connectivity index (χ1) is 13.1. The fourth-order valence-electron chi connectivity index (χ4n) is 3.52. The molecule has 0 saturated heterocycles. The molecule has 27 heavy (non-hydrogen) atoms. The molecular formula is C20H13Br2ClN2OS. The van der Waals surface area contributed by atoms with Gasteiger partial charge in [-0.05, 0) is 58.4 Å². The topological polar surface area (TPSA) is 24.8 Å². The summed E-state index contributed by atoms with van der Waals surface area (Å²) < 4.78 is 8.52. The Bertz CT molecular complexity index is 1050. The predicted octanol–water partition coefficient (Wildman–Crippen LogP) is 7.17. The molecule has 7 heteroatoms. The van der Waals surface area contributed by atoms with Crippen LogP contribution >= 0.6 is 54.8 Å². The maximum absolute atomic E-state index is 6.37. The number of benzene rings is 2. The van der Waals surface area contributed by atoms with Gasteiger partial charge in [-0.2, -0.15) is 5.10 Å². The van der Waals surface area contributed by atoms with Crippen molar-refractivity contribution in [2.24, 2.45) is 5.10 Å². The number of halogens is 3. The van der Waals surface area contributed by atoms with Gasteiger partial charge in [-0.1, -0.05) is 39.7 Å². The zero-order valence-corrected chi connectivity index (χ0v) is 18.6. The summed E-state index contributed by atoms with van der Waals surface area (Å²) in [6.07, 6.45) is 0.575. The molecule has 136 valence electrons. The third-order valence-corrected chi connectivity index (χ3v) is 7.18. The highest BCUT2D eigenvalue weighted by Gasteiger charge is 2.41. The van der Waals surface area contributed by atoms with E-state index in [1.54, 1.807) is 11.3 Å². The van der Waals surface area contributed by atoms with Crippen LogP contribution in [0.25, 0.3) is 0 Å². The third-order valence-electron chi connectivity index (χ3n) is 4.76. The minimum atomic E-state index is -0.276.